The monoisotopic (exact) mass is 428 g/mol. The molecular formula is C19H19Cl3N2O3-2. The van der Waals surface area contributed by atoms with Crippen LogP contribution in [0.4, 0.5) is 0 Å². The van der Waals surface area contributed by atoms with Crippen molar-refractivity contribution in [1.82, 2.24) is 10.3 Å². The minimum Gasteiger partial charge on any atom is -1.00 e. The third-order valence-electron chi connectivity index (χ3n) is 3.60. The van der Waals surface area contributed by atoms with Gasteiger partial charge in [-0.1, -0.05) is 17.7 Å². The van der Waals surface area contributed by atoms with Gasteiger partial charge in [0.05, 0.1) is 24.9 Å². The highest BCUT2D eigenvalue weighted by atomic mass is 35.5. The van der Waals surface area contributed by atoms with Crippen molar-refractivity contribution < 1.29 is 38.7 Å². The van der Waals surface area contributed by atoms with Gasteiger partial charge < -0.3 is 44.0 Å². The van der Waals surface area contributed by atoms with Gasteiger partial charge >= 0.3 is 0 Å². The van der Waals surface area contributed by atoms with Crippen molar-refractivity contribution in [2.75, 3.05) is 7.11 Å². The van der Waals surface area contributed by atoms with Crippen LogP contribution in [-0.4, -0.2) is 12.1 Å². The van der Waals surface area contributed by atoms with Crippen molar-refractivity contribution in [2.24, 2.45) is 0 Å². The Morgan fingerprint density at radius 2 is 1.96 bits per heavy atom. The molecule has 2 aromatic heterocycles. The molecule has 8 heteroatoms. The molecule has 146 valence electrons. The number of furan rings is 1. The number of rotatable bonds is 8. The van der Waals surface area contributed by atoms with Gasteiger partial charge in [-0.15, -0.1) is 0 Å². The quantitative estimate of drug-likeness (QED) is 0.459. The maximum Gasteiger partial charge on any atom is 0.180 e. The number of aromatic nitrogens is 1. The summed E-state index contributed by atoms with van der Waals surface area (Å²) in [4.78, 5) is 4.07. The van der Waals surface area contributed by atoms with Crippen molar-refractivity contribution in [3.63, 3.8) is 0 Å². The fraction of sp³-hybridized carbons (Fsp3) is 0.211. The lowest BCUT2D eigenvalue weighted by Crippen LogP contribution is -3.00. The van der Waals surface area contributed by atoms with E-state index in [-0.39, 0.29) is 24.8 Å². The summed E-state index contributed by atoms with van der Waals surface area (Å²) in [7, 11) is 1.60. The van der Waals surface area contributed by atoms with Gasteiger partial charge in [0.25, 0.3) is 0 Å². The molecule has 0 aliphatic heterocycles. The number of methoxy groups -OCH3 is 1. The molecule has 0 saturated carbocycles. The van der Waals surface area contributed by atoms with Gasteiger partial charge in [0.1, 0.15) is 12.4 Å². The Morgan fingerprint density at radius 1 is 1.11 bits per heavy atom. The Kier molecular flexibility index (Phi) is 10.0. The molecule has 0 bridgehead atoms. The number of benzene rings is 1. The summed E-state index contributed by atoms with van der Waals surface area (Å²) in [6.07, 6.45) is 5.14. The molecule has 0 amide bonds. The Balaban J connectivity index is 0.00000182. The minimum absolute atomic E-state index is 0. The van der Waals surface area contributed by atoms with Crippen LogP contribution in [0.15, 0.2) is 59.5 Å². The Labute approximate surface area is 175 Å². The molecule has 2 heterocycles. The Morgan fingerprint density at radius 3 is 2.63 bits per heavy atom. The maximum absolute atomic E-state index is 6.39. The average Bonchev–Trinajstić information content (AvgIpc) is 3.15. The summed E-state index contributed by atoms with van der Waals surface area (Å²) in [6.45, 7) is 1.66. The highest BCUT2D eigenvalue weighted by molar-refractivity contribution is 6.32. The first-order chi connectivity index (χ1) is 12.3. The number of hydrogen-bond donors (Lipinski definition) is 1. The van der Waals surface area contributed by atoms with Gasteiger partial charge in [-0.25, -0.2) is 0 Å². The number of ether oxygens (including phenoxy) is 2. The van der Waals surface area contributed by atoms with Crippen LogP contribution < -0.4 is 39.6 Å². The topological polar surface area (TPSA) is 56.5 Å². The lowest BCUT2D eigenvalue weighted by atomic mass is 10.2. The number of nitrogens with one attached hydrogen (secondary N) is 1. The molecule has 0 spiro atoms. The molecule has 1 N–H and O–H groups in total. The summed E-state index contributed by atoms with van der Waals surface area (Å²) >= 11 is 6.39. The van der Waals surface area contributed by atoms with Crippen LogP contribution >= 0.6 is 11.6 Å². The maximum atomic E-state index is 6.39. The standard InChI is InChI=1S/C19H19ClN2O3.2ClH/c1-23-18-9-15(11-22-12-16-5-3-7-24-16)8-17(20)19(18)25-13-14-4-2-6-21-10-14;;/h2-10,22H,11-13H2,1H3;2*1H/p-2. The largest absolute Gasteiger partial charge is 1.00 e. The van der Waals surface area contributed by atoms with E-state index < -0.39 is 0 Å². The molecule has 0 fully saturated rings. The summed E-state index contributed by atoms with van der Waals surface area (Å²) in [5, 5.41) is 3.81. The minimum atomic E-state index is 0. The van der Waals surface area contributed by atoms with E-state index in [1.807, 2.05) is 36.4 Å². The van der Waals surface area contributed by atoms with Crippen LogP contribution in [0.5, 0.6) is 11.5 Å². The average molecular weight is 430 g/mol. The molecule has 3 rings (SSSR count). The molecular weight excluding hydrogens is 411 g/mol. The van der Waals surface area contributed by atoms with E-state index in [4.69, 9.17) is 25.5 Å². The second-order valence-electron chi connectivity index (χ2n) is 5.44. The molecule has 27 heavy (non-hydrogen) atoms. The molecule has 0 aliphatic rings. The predicted octanol–water partition coefficient (Wildman–Crippen LogP) is -1.79. The van der Waals surface area contributed by atoms with Gasteiger partial charge in [-0.2, -0.15) is 0 Å². The molecule has 0 radical (unpaired) electrons. The third kappa shape index (κ3) is 6.63. The van der Waals surface area contributed by atoms with E-state index in [1.165, 1.54) is 0 Å². The first-order valence-electron chi connectivity index (χ1n) is 7.87. The van der Waals surface area contributed by atoms with Gasteiger partial charge in [0, 0.05) is 24.5 Å². The molecule has 0 atom stereocenters. The van der Waals surface area contributed by atoms with Crippen molar-refractivity contribution in [2.45, 2.75) is 19.7 Å². The third-order valence-corrected chi connectivity index (χ3v) is 3.88. The van der Waals surface area contributed by atoms with E-state index >= 15 is 0 Å². The molecule has 0 saturated heterocycles. The van der Waals surface area contributed by atoms with Gasteiger partial charge in [-0.05, 0) is 35.9 Å². The van der Waals surface area contributed by atoms with E-state index in [2.05, 4.69) is 10.3 Å². The number of nitrogens with zero attached hydrogens (tertiary/aromatic N) is 1. The van der Waals surface area contributed by atoms with Crippen LogP contribution in [-0.2, 0) is 19.7 Å². The summed E-state index contributed by atoms with van der Waals surface area (Å²) < 4.78 is 16.6. The summed E-state index contributed by atoms with van der Waals surface area (Å²) in [6, 6.07) is 11.4. The SMILES string of the molecule is COc1cc(CNCc2ccco2)cc(Cl)c1OCc1cccnc1.[Cl-].[Cl-]. The van der Waals surface area contributed by atoms with Crippen LogP contribution in [0.25, 0.3) is 0 Å². The second-order valence-corrected chi connectivity index (χ2v) is 5.85. The molecule has 0 unspecified atom stereocenters. The van der Waals surface area contributed by atoms with Crippen molar-refractivity contribution in [3.05, 3.63) is 77.0 Å². The second kappa shape index (κ2) is 11.7. The molecule has 5 nitrogen and oxygen atoms in total. The summed E-state index contributed by atoms with van der Waals surface area (Å²) in [5.41, 5.74) is 1.96. The van der Waals surface area contributed by atoms with Gasteiger partial charge in [0.2, 0.25) is 0 Å². The van der Waals surface area contributed by atoms with Crippen molar-refractivity contribution in [3.8, 4) is 11.5 Å². The fourth-order valence-electron chi connectivity index (χ4n) is 2.40. The van der Waals surface area contributed by atoms with E-state index in [1.54, 1.807) is 25.8 Å². The van der Waals surface area contributed by atoms with E-state index in [9.17, 15) is 0 Å². The first kappa shape index (κ1) is 23.1. The lowest BCUT2D eigenvalue weighted by molar-refractivity contribution is -0.001000. The van der Waals surface area contributed by atoms with Gasteiger partial charge in [0.15, 0.2) is 11.5 Å². The van der Waals surface area contributed by atoms with E-state index in [0.29, 0.717) is 36.2 Å². The molecule has 1 aromatic carbocycles. The Bertz CT molecular complexity index is 799. The predicted molar refractivity (Wildman–Crippen MR) is 95.8 cm³/mol. The number of halogens is 3. The number of hydrogen-bond acceptors (Lipinski definition) is 5. The normalized spacial score (nSPS) is 9.85. The van der Waals surface area contributed by atoms with Crippen LogP contribution in [0, 0.1) is 0 Å². The first-order valence-corrected chi connectivity index (χ1v) is 8.25. The van der Waals surface area contributed by atoms with Crippen molar-refractivity contribution in [1.29, 1.82) is 0 Å². The van der Waals surface area contributed by atoms with Crippen molar-refractivity contribution >= 4 is 11.6 Å². The Hall–Kier alpha value is -1.92. The smallest absolute Gasteiger partial charge is 0.180 e. The lowest BCUT2D eigenvalue weighted by Gasteiger charge is -2.14. The zero-order valence-corrected chi connectivity index (χ0v) is 16.9. The van der Waals surface area contributed by atoms with Crippen LogP contribution in [0.3, 0.4) is 0 Å². The fourth-order valence-corrected chi connectivity index (χ4v) is 2.69. The highest BCUT2D eigenvalue weighted by Crippen LogP contribution is 2.37. The van der Waals surface area contributed by atoms with E-state index in [0.717, 1.165) is 16.9 Å². The number of pyridine rings is 1. The van der Waals surface area contributed by atoms with Crippen LogP contribution in [0.1, 0.15) is 16.9 Å². The van der Waals surface area contributed by atoms with Gasteiger partial charge in [-0.3, -0.25) is 4.98 Å². The zero-order valence-electron chi connectivity index (χ0n) is 14.6. The molecule has 3 aromatic rings. The summed E-state index contributed by atoms with van der Waals surface area (Å²) in [5.74, 6) is 2.02. The van der Waals surface area contributed by atoms with Crippen LogP contribution in [0.2, 0.25) is 5.02 Å². The molecule has 0 aliphatic carbocycles. The zero-order chi connectivity index (χ0) is 17.5. The highest BCUT2D eigenvalue weighted by Gasteiger charge is 2.12.